The molecule has 0 saturated heterocycles. The summed E-state index contributed by atoms with van der Waals surface area (Å²) in [5.41, 5.74) is 3.03. The van der Waals surface area contributed by atoms with Gasteiger partial charge in [-0.1, -0.05) is 6.07 Å². The molecular weight excluding hydrogens is 330 g/mol. The van der Waals surface area contributed by atoms with Gasteiger partial charge in [0.2, 0.25) is 0 Å². The van der Waals surface area contributed by atoms with Crippen LogP contribution in [-0.4, -0.2) is 49.4 Å². The summed E-state index contributed by atoms with van der Waals surface area (Å²) in [6, 6.07) is 8.70. The number of carbonyl (C=O) groups excluding carboxylic acids is 1. The number of hydrogen-bond donors (Lipinski definition) is 0. The number of benzene rings is 1. The summed E-state index contributed by atoms with van der Waals surface area (Å²) in [6.45, 7) is 6.71. The van der Waals surface area contributed by atoms with Crippen molar-refractivity contribution in [2.75, 3.05) is 32.6 Å². The van der Waals surface area contributed by atoms with Gasteiger partial charge in [-0.25, -0.2) is 0 Å². The van der Waals surface area contributed by atoms with E-state index >= 15 is 0 Å². The molecule has 0 radical (unpaired) electrons. The second kappa shape index (κ2) is 6.73. The number of ketones is 1. The van der Waals surface area contributed by atoms with Gasteiger partial charge < -0.3 is 9.80 Å². The first kappa shape index (κ1) is 17.8. The molecule has 1 aromatic carbocycles. The van der Waals surface area contributed by atoms with Gasteiger partial charge in [0.25, 0.3) is 0 Å². The highest BCUT2D eigenvalue weighted by atomic mass is 32.1. The van der Waals surface area contributed by atoms with Gasteiger partial charge >= 0.3 is 0 Å². The zero-order valence-corrected chi connectivity index (χ0v) is 16.6. The summed E-state index contributed by atoms with van der Waals surface area (Å²) in [7, 11) is 6.24. The molecule has 0 aliphatic carbocycles. The Hall–Kier alpha value is -1.98. The molecule has 0 spiro atoms. The summed E-state index contributed by atoms with van der Waals surface area (Å²) >= 11 is 1.58. The number of anilines is 1. The average Bonchev–Trinajstić information content (AvgIpc) is 2.94. The molecular formula is C20H25N3OS. The first-order valence-corrected chi connectivity index (χ1v) is 9.32. The zero-order chi connectivity index (χ0) is 18.3. The predicted molar refractivity (Wildman–Crippen MR) is 108 cm³/mol. The summed E-state index contributed by atoms with van der Waals surface area (Å²) in [5, 5.41) is 2.26. The number of aromatic nitrogens is 1. The molecule has 0 bridgehead atoms. The smallest absolute Gasteiger partial charge is 0.171 e. The maximum atomic E-state index is 12.3. The van der Waals surface area contributed by atoms with Gasteiger partial charge in [-0.3, -0.25) is 9.78 Å². The van der Waals surface area contributed by atoms with Crippen LogP contribution in [0.1, 0.15) is 29.2 Å². The normalized spacial score (nSPS) is 12.9. The second-order valence-corrected chi connectivity index (χ2v) is 8.04. The van der Waals surface area contributed by atoms with E-state index in [1.165, 1.54) is 0 Å². The molecule has 4 nitrogen and oxygen atoms in total. The Balaban J connectivity index is 2.26. The van der Waals surface area contributed by atoms with Crippen molar-refractivity contribution in [1.29, 1.82) is 0 Å². The van der Waals surface area contributed by atoms with Gasteiger partial charge in [0.05, 0.1) is 16.1 Å². The van der Waals surface area contributed by atoms with Crippen LogP contribution in [-0.2, 0) is 0 Å². The summed E-state index contributed by atoms with van der Waals surface area (Å²) in [6.07, 6.45) is 0. The minimum Gasteiger partial charge on any atom is -0.371 e. The van der Waals surface area contributed by atoms with Crippen LogP contribution in [0.2, 0.25) is 0 Å². The van der Waals surface area contributed by atoms with E-state index in [-0.39, 0.29) is 5.78 Å². The van der Waals surface area contributed by atoms with Crippen molar-refractivity contribution in [1.82, 2.24) is 9.88 Å². The molecule has 0 amide bonds. The molecule has 1 atom stereocenters. The van der Waals surface area contributed by atoms with E-state index in [1.807, 2.05) is 13.0 Å². The maximum absolute atomic E-state index is 12.3. The largest absolute Gasteiger partial charge is 0.371 e. The topological polar surface area (TPSA) is 36.4 Å². The molecule has 0 saturated carbocycles. The van der Waals surface area contributed by atoms with Crippen LogP contribution in [0.3, 0.4) is 0 Å². The van der Waals surface area contributed by atoms with Gasteiger partial charge in [0.1, 0.15) is 0 Å². The SMILES string of the molecule is CC(=O)c1sc2ccc3nc(C)ccc3c2c1N(C)CC(C)N(C)C. The van der Waals surface area contributed by atoms with Crippen molar-refractivity contribution in [2.24, 2.45) is 0 Å². The number of fused-ring (bicyclic) bond motifs is 3. The quantitative estimate of drug-likeness (QED) is 0.638. The monoisotopic (exact) mass is 355 g/mol. The molecule has 0 N–H and O–H groups in total. The third-order valence-electron chi connectivity index (χ3n) is 4.76. The first-order chi connectivity index (χ1) is 11.8. The molecule has 1 unspecified atom stereocenters. The second-order valence-electron chi connectivity index (χ2n) is 6.99. The van der Waals surface area contributed by atoms with Crippen molar-refractivity contribution in [3.8, 4) is 0 Å². The van der Waals surface area contributed by atoms with Crippen molar-refractivity contribution in [2.45, 2.75) is 26.8 Å². The summed E-state index contributed by atoms with van der Waals surface area (Å²) in [4.78, 5) is 22.2. The Morgan fingerprint density at radius 3 is 2.56 bits per heavy atom. The molecule has 2 aromatic heterocycles. The summed E-state index contributed by atoms with van der Waals surface area (Å²) < 4.78 is 1.14. The predicted octanol–water partition coefficient (Wildman–Crippen LogP) is 4.35. The van der Waals surface area contributed by atoms with Crippen LogP contribution >= 0.6 is 11.3 Å². The highest BCUT2D eigenvalue weighted by molar-refractivity contribution is 7.21. The van der Waals surface area contributed by atoms with Crippen LogP contribution in [0, 0.1) is 6.92 Å². The number of aryl methyl sites for hydroxylation is 1. The van der Waals surface area contributed by atoms with Gasteiger partial charge in [0, 0.05) is 47.7 Å². The van der Waals surface area contributed by atoms with E-state index in [0.29, 0.717) is 6.04 Å². The minimum atomic E-state index is 0.119. The molecule has 5 heteroatoms. The zero-order valence-electron chi connectivity index (χ0n) is 15.8. The van der Waals surface area contributed by atoms with Crippen molar-refractivity contribution in [3.05, 3.63) is 34.8 Å². The van der Waals surface area contributed by atoms with Crippen LogP contribution < -0.4 is 4.90 Å². The van der Waals surface area contributed by atoms with Crippen molar-refractivity contribution < 1.29 is 4.79 Å². The molecule has 0 fully saturated rings. The highest BCUT2D eigenvalue weighted by Gasteiger charge is 2.22. The Labute approximate surface area is 153 Å². The van der Waals surface area contributed by atoms with E-state index < -0.39 is 0 Å². The highest BCUT2D eigenvalue weighted by Crippen LogP contribution is 2.42. The minimum absolute atomic E-state index is 0.119. The van der Waals surface area contributed by atoms with Crippen LogP contribution in [0.5, 0.6) is 0 Å². The number of thiophene rings is 1. The lowest BCUT2D eigenvalue weighted by atomic mass is 10.1. The Morgan fingerprint density at radius 1 is 1.20 bits per heavy atom. The van der Waals surface area contributed by atoms with E-state index in [4.69, 9.17) is 0 Å². The van der Waals surface area contributed by atoms with Crippen molar-refractivity contribution >= 4 is 43.8 Å². The molecule has 2 heterocycles. The summed E-state index contributed by atoms with van der Waals surface area (Å²) in [5.74, 6) is 0.119. The first-order valence-electron chi connectivity index (χ1n) is 8.51. The van der Waals surface area contributed by atoms with E-state index in [0.717, 1.165) is 43.8 Å². The number of nitrogens with zero attached hydrogens (tertiary/aromatic N) is 3. The van der Waals surface area contributed by atoms with Crippen LogP contribution in [0.4, 0.5) is 5.69 Å². The molecule has 25 heavy (non-hydrogen) atoms. The van der Waals surface area contributed by atoms with Gasteiger partial charge in [0.15, 0.2) is 5.78 Å². The average molecular weight is 356 g/mol. The third-order valence-corrected chi connectivity index (χ3v) is 6.00. The standard InChI is InChI=1S/C20H25N3OS/c1-12-7-8-15-16(21-12)9-10-17-18(15)19(20(25-17)14(3)24)23(6)11-13(2)22(4)5/h7-10,13H,11H2,1-6H3. The fourth-order valence-corrected chi connectivity index (χ4v) is 4.30. The lowest BCUT2D eigenvalue weighted by molar-refractivity contribution is 0.102. The van der Waals surface area contributed by atoms with Gasteiger partial charge in [-0.15, -0.1) is 11.3 Å². The fraction of sp³-hybridized carbons (Fsp3) is 0.400. The van der Waals surface area contributed by atoms with Crippen molar-refractivity contribution in [3.63, 3.8) is 0 Å². The van der Waals surface area contributed by atoms with Crippen LogP contribution in [0.25, 0.3) is 21.0 Å². The van der Waals surface area contributed by atoms with E-state index in [1.54, 1.807) is 18.3 Å². The Kier molecular flexibility index (Phi) is 4.80. The molecule has 0 aliphatic heterocycles. The van der Waals surface area contributed by atoms with E-state index in [9.17, 15) is 4.79 Å². The molecule has 132 valence electrons. The van der Waals surface area contributed by atoms with Gasteiger partial charge in [-0.2, -0.15) is 0 Å². The molecule has 0 aliphatic rings. The van der Waals surface area contributed by atoms with Gasteiger partial charge in [-0.05, 0) is 46.1 Å². The number of likely N-dealkylation sites (N-methyl/N-ethyl adjacent to an activating group) is 2. The third kappa shape index (κ3) is 3.26. The number of carbonyl (C=O) groups is 1. The fourth-order valence-electron chi connectivity index (χ4n) is 3.14. The number of rotatable bonds is 5. The maximum Gasteiger partial charge on any atom is 0.171 e. The Bertz CT molecular complexity index is 945. The lowest BCUT2D eigenvalue weighted by Gasteiger charge is -2.28. The number of pyridine rings is 1. The molecule has 3 rings (SSSR count). The van der Waals surface area contributed by atoms with E-state index in [2.05, 4.69) is 61.0 Å². The number of hydrogen-bond acceptors (Lipinski definition) is 5. The number of Topliss-reactive ketones (excluding diaryl/α,β-unsaturated/α-hetero) is 1. The van der Waals surface area contributed by atoms with Crippen LogP contribution in [0.15, 0.2) is 24.3 Å². The lowest BCUT2D eigenvalue weighted by Crippen LogP contribution is -2.37. The molecule has 3 aromatic rings. The Morgan fingerprint density at radius 2 is 1.92 bits per heavy atom.